The minimum atomic E-state index is 0.383. The molecule has 1 aromatic carbocycles. The smallest absolute Gasteiger partial charge is 0.0230 e. The van der Waals surface area contributed by atoms with Gasteiger partial charge in [0, 0.05) is 25.7 Å². The first-order chi connectivity index (χ1) is 9.51. The Balaban J connectivity index is 2.60. The van der Waals surface area contributed by atoms with Crippen LogP contribution >= 0.6 is 0 Å². The molecule has 0 aromatic heterocycles. The van der Waals surface area contributed by atoms with Crippen molar-refractivity contribution in [2.45, 2.75) is 53.1 Å². The fourth-order valence-electron chi connectivity index (χ4n) is 2.72. The number of nitrogens with zero attached hydrogens (tertiary/aromatic N) is 1. The second-order valence-corrected chi connectivity index (χ2v) is 6.40. The highest BCUT2D eigenvalue weighted by molar-refractivity contribution is 5.14. The molecule has 1 aromatic rings. The largest absolute Gasteiger partial charge is 0.314 e. The molecule has 0 aliphatic rings. The van der Waals surface area contributed by atoms with Gasteiger partial charge in [-0.1, -0.05) is 58.0 Å². The van der Waals surface area contributed by atoms with Crippen LogP contribution in [-0.4, -0.2) is 31.1 Å². The minimum Gasteiger partial charge on any atom is -0.314 e. The van der Waals surface area contributed by atoms with Crippen LogP contribution in [0.2, 0.25) is 0 Å². The third-order valence-corrected chi connectivity index (χ3v) is 4.29. The van der Waals surface area contributed by atoms with E-state index in [-0.39, 0.29) is 0 Å². The predicted molar refractivity (Wildman–Crippen MR) is 88.9 cm³/mol. The van der Waals surface area contributed by atoms with Gasteiger partial charge in [0.1, 0.15) is 0 Å². The lowest BCUT2D eigenvalue weighted by Gasteiger charge is -2.36. The van der Waals surface area contributed by atoms with Crippen molar-refractivity contribution < 1.29 is 0 Å². The van der Waals surface area contributed by atoms with Crippen LogP contribution in [0, 0.1) is 5.41 Å². The molecule has 0 aliphatic carbocycles. The summed E-state index contributed by atoms with van der Waals surface area (Å²) in [5.74, 6) is 0. The number of nitrogens with one attached hydrogen (secondary N) is 1. The Morgan fingerprint density at radius 1 is 1.10 bits per heavy atom. The molecule has 1 rings (SSSR count). The van der Waals surface area contributed by atoms with Gasteiger partial charge < -0.3 is 10.2 Å². The second-order valence-electron chi connectivity index (χ2n) is 6.40. The first kappa shape index (κ1) is 17.2. The minimum absolute atomic E-state index is 0.383. The van der Waals surface area contributed by atoms with Gasteiger partial charge in [-0.2, -0.15) is 0 Å². The van der Waals surface area contributed by atoms with Crippen LogP contribution in [0.1, 0.15) is 46.1 Å². The average Bonchev–Trinajstić information content (AvgIpc) is 2.44. The Morgan fingerprint density at radius 3 is 2.20 bits per heavy atom. The highest BCUT2D eigenvalue weighted by Crippen LogP contribution is 2.27. The van der Waals surface area contributed by atoms with Gasteiger partial charge in [-0.3, -0.25) is 0 Å². The lowest BCUT2D eigenvalue weighted by atomic mass is 9.81. The van der Waals surface area contributed by atoms with E-state index in [4.69, 9.17) is 0 Å². The van der Waals surface area contributed by atoms with Crippen LogP contribution in [0.5, 0.6) is 0 Å². The van der Waals surface area contributed by atoms with Crippen molar-refractivity contribution in [3.05, 3.63) is 35.9 Å². The summed E-state index contributed by atoms with van der Waals surface area (Å²) in [6, 6.07) is 11.3. The molecule has 0 aliphatic heterocycles. The molecular formula is C18H32N2. The summed E-state index contributed by atoms with van der Waals surface area (Å²) in [7, 11) is 2.24. The zero-order valence-electron chi connectivity index (χ0n) is 13.9. The number of hydrogen-bond donors (Lipinski definition) is 1. The summed E-state index contributed by atoms with van der Waals surface area (Å²) in [5, 5.41) is 3.63. The van der Waals surface area contributed by atoms with Gasteiger partial charge in [0.15, 0.2) is 0 Å². The van der Waals surface area contributed by atoms with Crippen LogP contribution in [-0.2, 0) is 6.54 Å². The fraction of sp³-hybridized carbons (Fsp3) is 0.667. The molecule has 0 saturated heterocycles. The third-order valence-electron chi connectivity index (χ3n) is 4.29. The summed E-state index contributed by atoms with van der Waals surface area (Å²) >= 11 is 0. The Labute approximate surface area is 125 Å². The normalized spacial score (nSPS) is 12.3. The molecule has 0 bridgehead atoms. The van der Waals surface area contributed by atoms with Gasteiger partial charge in [-0.05, 0) is 30.9 Å². The standard InChI is InChI=1S/C18H32N2/c1-6-18(7-2,14-19-16(3)4)15-20(5)13-17-11-9-8-10-12-17/h8-12,16,19H,6-7,13-15H2,1-5H3. The molecule has 0 unspecified atom stereocenters. The average molecular weight is 276 g/mol. The van der Waals surface area contributed by atoms with Crippen molar-refractivity contribution in [3.8, 4) is 0 Å². The molecule has 20 heavy (non-hydrogen) atoms. The van der Waals surface area contributed by atoms with Crippen molar-refractivity contribution in [1.29, 1.82) is 0 Å². The van der Waals surface area contributed by atoms with E-state index in [0.717, 1.165) is 19.6 Å². The number of hydrogen-bond acceptors (Lipinski definition) is 2. The molecule has 0 amide bonds. The van der Waals surface area contributed by atoms with Gasteiger partial charge in [0.25, 0.3) is 0 Å². The van der Waals surface area contributed by atoms with E-state index >= 15 is 0 Å². The van der Waals surface area contributed by atoms with Crippen molar-refractivity contribution in [2.24, 2.45) is 5.41 Å². The Hall–Kier alpha value is -0.860. The van der Waals surface area contributed by atoms with E-state index in [1.807, 2.05) is 0 Å². The van der Waals surface area contributed by atoms with E-state index in [2.05, 4.69) is 75.3 Å². The fourth-order valence-corrected chi connectivity index (χ4v) is 2.72. The van der Waals surface area contributed by atoms with Crippen LogP contribution in [0.15, 0.2) is 30.3 Å². The molecule has 114 valence electrons. The monoisotopic (exact) mass is 276 g/mol. The summed E-state index contributed by atoms with van der Waals surface area (Å²) in [4.78, 5) is 2.46. The second kappa shape index (κ2) is 8.43. The Kier molecular flexibility index (Phi) is 7.25. The highest BCUT2D eigenvalue weighted by Gasteiger charge is 2.27. The molecule has 0 fully saturated rings. The maximum atomic E-state index is 3.63. The van der Waals surface area contributed by atoms with Crippen LogP contribution in [0.25, 0.3) is 0 Å². The van der Waals surface area contributed by atoms with Crippen molar-refractivity contribution in [3.63, 3.8) is 0 Å². The third kappa shape index (κ3) is 5.64. The molecule has 1 N–H and O–H groups in total. The number of benzene rings is 1. The van der Waals surface area contributed by atoms with Gasteiger partial charge >= 0.3 is 0 Å². The Morgan fingerprint density at radius 2 is 1.70 bits per heavy atom. The quantitative estimate of drug-likeness (QED) is 0.735. The first-order valence-corrected chi connectivity index (χ1v) is 7.97. The Bertz CT molecular complexity index is 355. The SMILES string of the molecule is CCC(CC)(CNC(C)C)CN(C)Cc1ccccc1. The molecule has 0 atom stereocenters. The van der Waals surface area contributed by atoms with E-state index < -0.39 is 0 Å². The summed E-state index contributed by atoms with van der Waals surface area (Å²) in [5.41, 5.74) is 1.78. The van der Waals surface area contributed by atoms with E-state index in [1.54, 1.807) is 0 Å². The van der Waals surface area contributed by atoms with Crippen LogP contribution < -0.4 is 5.32 Å². The molecule has 2 nitrogen and oxygen atoms in total. The highest BCUT2D eigenvalue weighted by atomic mass is 15.1. The van der Waals surface area contributed by atoms with Gasteiger partial charge in [-0.25, -0.2) is 0 Å². The van der Waals surface area contributed by atoms with Crippen LogP contribution in [0.4, 0.5) is 0 Å². The lowest BCUT2D eigenvalue weighted by Crippen LogP contribution is -2.44. The zero-order chi connectivity index (χ0) is 15.0. The number of rotatable bonds is 9. The van der Waals surface area contributed by atoms with Gasteiger partial charge in [0.2, 0.25) is 0 Å². The van der Waals surface area contributed by atoms with E-state index in [1.165, 1.54) is 18.4 Å². The van der Waals surface area contributed by atoms with E-state index in [0.29, 0.717) is 11.5 Å². The molecule has 0 spiro atoms. The molecule has 0 saturated carbocycles. The molecule has 0 radical (unpaired) electrons. The van der Waals surface area contributed by atoms with Crippen molar-refractivity contribution in [1.82, 2.24) is 10.2 Å². The topological polar surface area (TPSA) is 15.3 Å². The maximum Gasteiger partial charge on any atom is 0.0230 e. The summed E-state index contributed by atoms with van der Waals surface area (Å²) in [6.07, 6.45) is 2.45. The van der Waals surface area contributed by atoms with Gasteiger partial charge in [0.05, 0.1) is 0 Å². The maximum absolute atomic E-state index is 3.63. The summed E-state index contributed by atoms with van der Waals surface area (Å²) in [6.45, 7) is 12.4. The summed E-state index contributed by atoms with van der Waals surface area (Å²) < 4.78 is 0. The molecule has 0 heterocycles. The predicted octanol–water partition coefficient (Wildman–Crippen LogP) is 3.92. The lowest BCUT2D eigenvalue weighted by molar-refractivity contribution is 0.148. The van der Waals surface area contributed by atoms with Gasteiger partial charge in [-0.15, -0.1) is 0 Å². The first-order valence-electron chi connectivity index (χ1n) is 7.97. The van der Waals surface area contributed by atoms with Crippen LogP contribution in [0.3, 0.4) is 0 Å². The molecule has 2 heteroatoms. The zero-order valence-corrected chi connectivity index (χ0v) is 13.9. The van der Waals surface area contributed by atoms with Crippen molar-refractivity contribution >= 4 is 0 Å². The van der Waals surface area contributed by atoms with E-state index in [9.17, 15) is 0 Å². The van der Waals surface area contributed by atoms with Crippen molar-refractivity contribution in [2.75, 3.05) is 20.1 Å². The molecular weight excluding hydrogens is 244 g/mol.